The van der Waals surface area contributed by atoms with Crippen LogP contribution in [0.3, 0.4) is 0 Å². The Bertz CT molecular complexity index is 210. The lowest BCUT2D eigenvalue weighted by Gasteiger charge is -1.98. The molecule has 0 saturated carbocycles. The van der Waals surface area contributed by atoms with Crippen molar-refractivity contribution < 1.29 is 0 Å². The number of hydrogen-bond acceptors (Lipinski definition) is 3. The topological polar surface area (TPSA) is 25.8 Å². The van der Waals surface area contributed by atoms with Gasteiger partial charge >= 0.3 is 0 Å². The van der Waals surface area contributed by atoms with Crippen LogP contribution >= 0.6 is 11.5 Å². The van der Waals surface area contributed by atoms with E-state index in [9.17, 15) is 0 Å². The summed E-state index contributed by atoms with van der Waals surface area (Å²) in [6, 6.07) is 0. The van der Waals surface area contributed by atoms with E-state index in [4.69, 9.17) is 0 Å². The molecule has 0 atom stereocenters. The molecule has 0 bridgehead atoms. The number of aromatic nitrogens is 2. The molecule has 0 aliphatic carbocycles. The van der Waals surface area contributed by atoms with Crippen LogP contribution in [0.5, 0.6) is 0 Å². The van der Waals surface area contributed by atoms with Gasteiger partial charge in [-0.15, -0.1) is 5.10 Å². The highest BCUT2D eigenvalue weighted by molar-refractivity contribution is 7.05. The third-order valence-corrected chi connectivity index (χ3v) is 2.98. The van der Waals surface area contributed by atoms with E-state index in [2.05, 4.69) is 23.4 Å². The van der Waals surface area contributed by atoms with Crippen LogP contribution in [-0.4, -0.2) is 9.59 Å². The van der Waals surface area contributed by atoms with Gasteiger partial charge in [0.05, 0.1) is 5.69 Å². The quantitative estimate of drug-likeness (QED) is 0.701. The van der Waals surface area contributed by atoms with Crippen LogP contribution in [0.4, 0.5) is 0 Å². The first-order chi connectivity index (χ1) is 6.38. The molecule has 0 spiro atoms. The maximum atomic E-state index is 4.18. The van der Waals surface area contributed by atoms with Gasteiger partial charge in [-0.25, -0.2) is 0 Å². The van der Waals surface area contributed by atoms with Gasteiger partial charge in [0.15, 0.2) is 0 Å². The Morgan fingerprint density at radius 1 is 1.08 bits per heavy atom. The van der Waals surface area contributed by atoms with Gasteiger partial charge < -0.3 is 0 Å². The van der Waals surface area contributed by atoms with Crippen molar-refractivity contribution in [1.82, 2.24) is 9.59 Å². The molecule has 0 radical (unpaired) electrons. The maximum absolute atomic E-state index is 4.18. The molecule has 2 nitrogen and oxygen atoms in total. The minimum absolute atomic E-state index is 1.12. The molecule has 1 aromatic heterocycles. The summed E-state index contributed by atoms with van der Waals surface area (Å²) in [4.78, 5) is 1.41. The third-order valence-electron chi connectivity index (χ3n) is 2.16. The fourth-order valence-corrected chi connectivity index (χ4v) is 2.01. The molecular weight excluding hydrogens is 180 g/mol. The number of rotatable bonds is 6. The molecule has 0 aromatic carbocycles. The van der Waals surface area contributed by atoms with Crippen LogP contribution in [-0.2, 0) is 12.8 Å². The minimum Gasteiger partial charge on any atom is -0.143 e. The predicted molar refractivity (Wildman–Crippen MR) is 57.1 cm³/mol. The fourth-order valence-electron chi connectivity index (χ4n) is 1.29. The highest BCUT2D eigenvalue weighted by Crippen LogP contribution is 2.15. The van der Waals surface area contributed by atoms with Gasteiger partial charge in [-0.3, -0.25) is 0 Å². The molecule has 1 rings (SSSR count). The summed E-state index contributed by atoms with van der Waals surface area (Å²) in [7, 11) is 0. The normalized spacial score (nSPS) is 10.6. The predicted octanol–water partition coefficient (Wildman–Crippen LogP) is 3.22. The average Bonchev–Trinajstić information content (AvgIpc) is 2.59. The monoisotopic (exact) mass is 198 g/mol. The van der Waals surface area contributed by atoms with Crippen molar-refractivity contribution in [1.29, 1.82) is 0 Å². The van der Waals surface area contributed by atoms with E-state index in [1.807, 2.05) is 0 Å². The van der Waals surface area contributed by atoms with Gasteiger partial charge in [0, 0.05) is 4.88 Å². The van der Waals surface area contributed by atoms with Crippen molar-refractivity contribution >= 4 is 11.5 Å². The molecule has 0 unspecified atom stereocenters. The molecule has 0 N–H and O–H groups in total. The molecule has 0 aliphatic heterocycles. The summed E-state index contributed by atoms with van der Waals surface area (Å²) in [5, 5.41) is 4.18. The van der Waals surface area contributed by atoms with Crippen molar-refractivity contribution in [2.75, 3.05) is 0 Å². The minimum atomic E-state index is 1.12. The number of aryl methyl sites for hydroxylation is 2. The molecule has 74 valence electrons. The van der Waals surface area contributed by atoms with Crippen LogP contribution in [0.15, 0.2) is 0 Å². The molecule has 3 heteroatoms. The second kappa shape index (κ2) is 6.08. The van der Waals surface area contributed by atoms with Crippen LogP contribution in [0.25, 0.3) is 0 Å². The van der Waals surface area contributed by atoms with Crippen molar-refractivity contribution in [3.63, 3.8) is 0 Å². The van der Waals surface area contributed by atoms with Crippen LogP contribution in [0, 0.1) is 0 Å². The molecular formula is C10H18N2S. The fraction of sp³-hybridized carbons (Fsp3) is 0.800. The smallest absolute Gasteiger partial charge is 0.0787 e. The average molecular weight is 198 g/mol. The summed E-state index contributed by atoms with van der Waals surface area (Å²) in [6.07, 6.45) is 7.29. The summed E-state index contributed by atoms with van der Waals surface area (Å²) in [5.74, 6) is 0. The van der Waals surface area contributed by atoms with Gasteiger partial charge in [0.2, 0.25) is 0 Å². The Morgan fingerprint density at radius 2 is 1.77 bits per heavy atom. The highest BCUT2D eigenvalue weighted by atomic mass is 32.1. The molecule has 13 heavy (non-hydrogen) atoms. The van der Waals surface area contributed by atoms with Crippen LogP contribution < -0.4 is 0 Å². The van der Waals surface area contributed by atoms with E-state index in [1.54, 1.807) is 11.5 Å². The zero-order valence-electron chi connectivity index (χ0n) is 8.55. The van der Waals surface area contributed by atoms with E-state index in [0.29, 0.717) is 0 Å². The van der Waals surface area contributed by atoms with E-state index >= 15 is 0 Å². The first kappa shape index (κ1) is 10.6. The molecule has 0 saturated heterocycles. The summed E-state index contributed by atoms with van der Waals surface area (Å²) in [6.45, 7) is 4.44. The highest BCUT2D eigenvalue weighted by Gasteiger charge is 2.05. The van der Waals surface area contributed by atoms with Crippen LogP contribution in [0.2, 0.25) is 0 Å². The van der Waals surface area contributed by atoms with Gasteiger partial charge in [-0.05, 0) is 37.2 Å². The Balaban J connectivity index is 2.45. The van der Waals surface area contributed by atoms with Gasteiger partial charge in [-0.1, -0.05) is 31.2 Å². The first-order valence-corrected chi connectivity index (χ1v) is 5.96. The standard InChI is InChI=1S/C10H18N2S/c1-3-5-7-9-10(8-6-4-2)13-12-11-9/h3-8H2,1-2H3. The lowest BCUT2D eigenvalue weighted by Crippen LogP contribution is -1.91. The summed E-state index contributed by atoms with van der Waals surface area (Å²) >= 11 is 1.58. The van der Waals surface area contributed by atoms with Crippen molar-refractivity contribution in [3.8, 4) is 0 Å². The maximum Gasteiger partial charge on any atom is 0.0787 e. The molecule has 1 heterocycles. The molecule has 0 amide bonds. The number of unbranched alkanes of at least 4 members (excludes halogenated alkanes) is 2. The van der Waals surface area contributed by atoms with Crippen molar-refractivity contribution in [2.45, 2.75) is 52.4 Å². The largest absolute Gasteiger partial charge is 0.143 e. The van der Waals surface area contributed by atoms with E-state index in [1.165, 1.54) is 42.7 Å². The van der Waals surface area contributed by atoms with E-state index < -0.39 is 0 Å². The number of nitrogens with zero attached hydrogens (tertiary/aromatic N) is 2. The van der Waals surface area contributed by atoms with Gasteiger partial charge in [-0.2, -0.15) is 0 Å². The molecule has 0 aliphatic rings. The van der Waals surface area contributed by atoms with Gasteiger partial charge in [0.1, 0.15) is 0 Å². The summed E-state index contributed by atoms with van der Waals surface area (Å²) in [5.41, 5.74) is 1.25. The second-order valence-electron chi connectivity index (χ2n) is 3.35. The van der Waals surface area contributed by atoms with Crippen molar-refractivity contribution in [3.05, 3.63) is 10.6 Å². The van der Waals surface area contributed by atoms with Crippen molar-refractivity contribution in [2.24, 2.45) is 0 Å². The Labute approximate surface area is 84.5 Å². The lowest BCUT2D eigenvalue weighted by molar-refractivity contribution is 0.747. The number of hydrogen-bond donors (Lipinski definition) is 0. The third kappa shape index (κ3) is 3.43. The zero-order chi connectivity index (χ0) is 9.52. The summed E-state index contributed by atoms with van der Waals surface area (Å²) < 4.78 is 4.02. The van der Waals surface area contributed by atoms with Gasteiger partial charge in [0.25, 0.3) is 0 Å². The van der Waals surface area contributed by atoms with E-state index in [-0.39, 0.29) is 0 Å². The lowest BCUT2D eigenvalue weighted by atomic mass is 10.1. The zero-order valence-corrected chi connectivity index (χ0v) is 9.36. The Morgan fingerprint density at radius 3 is 2.46 bits per heavy atom. The Kier molecular flexibility index (Phi) is 4.98. The molecule has 0 fully saturated rings. The SMILES string of the molecule is CCCCc1nnsc1CCCC. The first-order valence-electron chi connectivity index (χ1n) is 5.18. The van der Waals surface area contributed by atoms with Crippen LogP contribution in [0.1, 0.15) is 50.1 Å². The second-order valence-corrected chi connectivity index (χ2v) is 4.19. The molecule has 1 aromatic rings. The Hall–Kier alpha value is -0.440. The van der Waals surface area contributed by atoms with E-state index in [0.717, 1.165) is 6.42 Å².